The molecule has 1 aliphatic rings. The zero-order valence-electron chi connectivity index (χ0n) is 9.21. The number of nitrogens with one attached hydrogen (secondary N) is 1. The Morgan fingerprint density at radius 1 is 1.53 bits per heavy atom. The molecule has 5 heteroatoms. The van der Waals surface area contributed by atoms with E-state index in [1.54, 1.807) is 6.07 Å². The molecule has 3 nitrogen and oxygen atoms in total. The van der Waals surface area contributed by atoms with Crippen LogP contribution in [0.25, 0.3) is 0 Å². The van der Waals surface area contributed by atoms with Crippen LogP contribution in [0.2, 0.25) is 5.02 Å². The molecule has 1 aromatic carbocycles. The Labute approximate surface area is 104 Å². The summed E-state index contributed by atoms with van der Waals surface area (Å²) >= 11 is 5.56. The minimum Gasteiger partial charge on any atom is -0.381 e. The van der Waals surface area contributed by atoms with Gasteiger partial charge in [0.05, 0.1) is 17.5 Å². The van der Waals surface area contributed by atoms with E-state index in [4.69, 9.17) is 16.3 Å². The number of amides is 1. The van der Waals surface area contributed by atoms with Gasteiger partial charge in [-0.2, -0.15) is 0 Å². The highest BCUT2D eigenvalue weighted by Gasteiger charge is 2.21. The molecule has 0 aliphatic carbocycles. The summed E-state index contributed by atoms with van der Waals surface area (Å²) < 4.78 is 18.4. The number of ether oxygens (including phenoxy) is 1. The molecule has 1 fully saturated rings. The Bertz CT molecular complexity index is 419. The fraction of sp³-hybridized carbons (Fsp3) is 0.417. The van der Waals surface area contributed by atoms with E-state index in [0.717, 1.165) is 12.8 Å². The molecule has 0 unspecified atom stereocenters. The number of rotatable bonds is 2. The van der Waals surface area contributed by atoms with Gasteiger partial charge in [0.15, 0.2) is 0 Å². The van der Waals surface area contributed by atoms with Crippen LogP contribution < -0.4 is 5.32 Å². The van der Waals surface area contributed by atoms with E-state index in [9.17, 15) is 9.18 Å². The number of hydrogen-bond acceptors (Lipinski definition) is 2. The minimum absolute atomic E-state index is 0.0454. The van der Waals surface area contributed by atoms with Gasteiger partial charge in [0.1, 0.15) is 5.82 Å². The second-order valence-corrected chi connectivity index (χ2v) is 4.44. The Morgan fingerprint density at radius 2 is 2.35 bits per heavy atom. The maximum absolute atomic E-state index is 13.2. The fourth-order valence-corrected chi connectivity index (χ4v) is 1.88. The van der Waals surface area contributed by atoms with Gasteiger partial charge >= 0.3 is 0 Å². The average Bonchev–Trinajstić information content (AvgIpc) is 2.35. The molecule has 0 saturated carbocycles. The first-order valence-corrected chi connectivity index (χ1v) is 5.88. The number of hydrogen-bond donors (Lipinski definition) is 1. The Balaban J connectivity index is 1.99. The molecule has 1 saturated heterocycles. The van der Waals surface area contributed by atoms with Crippen molar-refractivity contribution in [2.24, 2.45) is 5.92 Å². The van der Waals surface area contributed by atoms with Crippen molar-refractivity contribution in [2.45, 2.75) is 12.8 Å². The van der Waals surface area contributed by atoms with E-state index in [2.05, 4.69) is 5.32 Å². The Kier molecular flexibility index (Phi) is 3.97. The van der Waals surface area contributed by atoms with Gasteiger partial charge in [0.2, 0.25) is 5.91 Å². The van der Waals surface area contributed by atoms with Gasteiger partial charge in [-0.25, -0.2) is 4.39 Å². The van der Waals surface area contributed by atoms with Crippen LogP contribution in [0.1, 0.15) is 12.8 Å². The SMILES string of the molecule is O=C(Nc1ccc(Cl)c(F)c1)[C@H]1CCCOC1. The van der Waals surface area contributed by atoms with Crippen LogP contribution in [0.3, 0.4) is 0 Å². The lowest BCUT2D eigenvalue weighted by molar-refractivity contribution is -0.123. The first-order chi connectivity index (χ1) is 8.16. The lowest BCUT2D eigenvalue weighted by Gasteiger charge is -2.21. The molecule has 1 heterocycles. The van der Waals surface area contributed by atoms with Gasteiger partial charge in [-0.05, 0) is 31.0 Å². The molecule has 1 amide bonds. The molecular formula is C12H13ClFNO2. The summed E-state index contributed by atoms with van der Waals surface area (Å²) in [5.74, 6) is -0.821. The average molecular weight is 258 g/mol. The summed E-state index contributed by atoms with van der Waals surface area (Å²) in [4.78, 5) is 11.8. The maximum atomic E-state index is 13.2. The highest BCUT2D eigenvalue weighted by molar-refractivity contribution is 6.30. The standard InChI is InChI=1S/C12H13ClFNO2/c13-10-4-3-9(6-11(10)14)15-12(16)8-2-1-5-17-7-8/h3-4,6,8H,1-2,5,7H2,(H,15,16)/t8-/m0/s1. The normalized spacial score (nSPS) is 20.0. The van der Waals surface area contributed by atoms with Crippen molar-refractivity contribution in [1.82, 2.24) is 0 Å². The molecule has 17 heavy (non-hydrogen) atoms. The third kappa shape index (κ3) is 3.17. The number of carbonyl (C=O) groups is 1. The van der Waals surface area contributed by atoms with Crippen LogP contribution in [0.4, 0.5) is 10.1 Å². The van der Waals surface area contributed by atoms with Gasteiger partial charge in [-0.3, -0.25) is 4.79 Å². The van der Waals surface area contributed by atoms with Gasteiger partial charge in [0, 0.05) is 12.3 Å². The maximum Gasteiger partial charge on any atom is 0.229 e. The van der Waals surface area contributed by atoms with E-state index in [1.807, 2.05) is 0 Å². The molecule has 1 atom stereocenters. The zero-order chi connectivity index (χ0) is 12.3. The fourth-order valence-electron chi connectivity index (χ4n) is 1.77. The molecule has 0 bridgehead atoms. The van der Waals surface area contributed by atoms with Gasteiger partial charge in [-0.15, -0.1) is 0 Å². The Hall–Kier alpha value is -1.13. The molecule has 1 aliphatic heterocycles. The van der Waals surface area contributed by atoms with Crippen molar-refractivity contribution in [2.75, 3.05) is 18.5 Å². The topological polar surface area (TPSA) is 38.3 Å². The molecule has 0 radical (unpaired) electrons. The predicted octanol–water partition coefficient (Wildman–Crippen LogP) is 2.84. The smallest absolute Gasteiger partial charge is 0.229 e. The van der Waals surface area contributed by atoms with Crippen molar-refractivity contribution < 1.29 is 13.9 Å². The molecule has 0 spiro atoms. The van der Waals surface area contributed by atoms with Crippen molar-refractivity contribution in [3.8, 4) is 0 Å². The summed E-state index contributed by atoms with van der Waals surface area (Å²) in [6.07, 6.45) is 1.69. The lowest BCUT2D eigenvalue weighted by atomic mass is 10.0. The number of anilines is 1. The van der Waals surface area contributed by atoms with Crippen LogP contribution in [-0.2, 0) is 9.53 Å². The summed E-state index contributed by atoms with van der Waals surface area (Å²) in [6.45, 7) is 1.14. The van der Waals surface area contributed by atoms with Crippen molar-refractivity contribution >= 4 is 23.2 Å². The molecule has 92 valence electrons. The number of benzene rings is 1. The summed E-state index contributed by atoms with van der Waals surface area (Å²) in [5.41, 5.74) is 0.419. The van der Waals surface area contributed by atoms with E-state index in [0.29, 0.717) is 18.9 Å². The van der Waals surface area contributed by atoms with E-state index in [-0.39, 0.29) is 16.8 Å². The zero-order valence-corrected chi connectivity index (χ0v) is 9.97. The minimum atomic E-state index is -0.538. The highest BCUT2D eigenvalue weighted by Crippen LogP contribution is 2.20. The monoisotopic (exact) mass is 257 g/mol. The summed E-state index contributed by atoms with van der Waals surface area (Å²) in [7, 11) is 0. The summed E-state index contributed by atoms with van der Waals surface area (Å²) in [6, 6.07) is 4.21. The number of carbonyl (C=O) groups excluding carboxylic acids is 1. The predicted molar refractivity (Wildman–Crippen MR) is 63.6 cm³/mol. The van der Waals surface area contributed by atoms with E-state index >= 15 is 0 Å². The molecule has 2 rings (SSSR count). The first-order valence-electron chi connectivity index (χ1n) is 5.50. The molecular weight excluding hydrogens is 245 g/mol. The van der Waals surface area contributed by atoms with Crippen LogP contribution in [0.15, 0.2) is 18.2 Å². The van der Waals surface area contributed by atoms with Gasteiger partial charge < -0.3 is 10.1 Å². The first kappa shape index (κ1) is 12.3. The number of halogens is 2. The molecule has 1 aromatic rings. The molecule has 1 N–H and O–H groups in total. The second-order valence-electron chi connectivity index (χ2n) is 4.03. The van der Waals surface area contributed by atoms with Crippen molar-refractivity contribution in [3.63, 3.8) is 0 Å². The van der Waals surface area contributed by atoms with E-state index in [1.165, 1.54) is 12.1 Å². The van der Waals surface area contributed by atoms with Gasteiger partial charge in [-0.1, -0.05) is 11.6 Å². The van der Waals surface area contributed by atoms with Crippen molar-refractivity contribution in [3.05, 3.63) is 29.0 Å². The van der Waals surface area contributed by atoms with Crippen LogP contribution in [0.5, 0.6) is 0 Å². The third-order valence-corrected chi connectivity index (χ3v) is 3.02. The lowest BCUT2D eigenvalue weighted by Crippen LogP contribution is -2.30. The third-order valence-electron chi connectivity index (χ3n) is 2.72. The van der Waals surface area contributed by atoms with Crippen LogP contribution in [0, 0.1) is 11.7 Å². The van der Waals surface area contributed by atoms with E-state index < -0.39 is 5.82 Å². The Morgan fingerprint density at radius 3 is 3.00 bits per heavy atom. The van der Waals surface area contributed by atoms with Gasteiger partial charge in [0.25, 0.3) is 0 Å². The quantitative estimate of drug-likeness (QED) is 0.885. The largest absolute Gasteiger partial charge is 0.381 e. The van der Waals surface area contributed by atoms with Crippen LogP contribution in [-0.4, -0.2) is 19.1 Å². The van der Waals surface area contributed by atoms with Crippen LogP contribution >= 0.6 is 11.6 Å². The summed E-state index contributed by atoms with van der Waals surface area (Å²) in [5, 5.41) is 2.71. The second kappa shape index (κ2) is 5.47. The molecule has 0 aromatic heterocycles. The van der Waals surface area contributed by atoms with Crippen molar-refractivity contribution in [1.29, 1.82) is 0 Å². The highest BCUT2D eigenvalue weighted by atomic mass is 35.5.